The number of hydrogen-bond donors (Lipinski definition) is 4. The lowest BCUT2D eigenvalue weighted by Gasteiger charge is -2.13. The highest BCUT2D eigenvalue weighted by Gasteiger charge is 2.22. The smallest absolute Gasteiger partial charge is 0.331 e. The van der Waals surface area contributed by atoms with Gasteiger partial charge in [-0.25, -0.2) is 26.7 Å². The van der Waals surface area contributed by atoms with E-state index in [4.69, 9.17) is 21.7 Å². The maximum atomic E-state index is 13.0. The number of carboxylic acids is 1. The number of likely N-dealkylation sites (N-methyl/N-ethyl adjacent to an activating group) is 1. The van der Waals surface area contributed by atoms with Crippen molar-refractivity contribution in [2.75, 3.05) is 13.8 Å². The number of aliphatic carboxylic acids is 1. The van der Waals surface area contributed by atoms with Gasteiger partial charge in [0.05, 0.1) is 0 Å². The average molecular weight is 930 g/mol. The maximum absolute atomic E-state index is 13.0. The molecule has 0 heterocycles. The number of ketones is 1. The number of nitrogens with zero attached hydrogens (tertiary/aromatic N) is 1. The minimum atomic E-state index is -0.934. The van der Waals surface area contributed by atoms with Crippen LogP contribution in [0.4, 0.5) is 22.0 Å². The van der Waals surface area contributed by atoms with Crippen LogP contribution < -0.4 is 11.5 Å². The molecule has 5 aromatic rings. The average Bonchev–Trinajstić information content (AvgIpc) is 4.15. The standard InChI is InChI=1S/C12H12FNO2.2C11H12FN.C11H9FO.C10H7FO2/c1-14(7-15)12(16)10-4-8-2-3-11(13)6-9(8)5-10;3*1-7(13)9-4-8-2-3-11(12)6-10(8)5-9;11-9-2-1-6-3-8(10(12)13)4-7(6)5-9/h2-3,5-6,15H,4,7H2,1H3;2*2-3,5-7H,4,13H2,1H3;2-3,5-6H,4H2,1H3;1-2,4-5H,3H2,(H,12,13). The highest BCUT2D eigenvalue weighted by molar-refractivity contribution is 6.01. The predicted molar refractivity (Wildman–Crippen MR) is 256 cm³/mol. The third-order valence-corrected chi connectivity index (χ3v) is 11.9. The summed E-state index contributed by atoms with van der Waals surface area (Å²) < 4.78 is 64.1. The Bertz CT molecular complexity index is 2780. The highest BCUT2D eigenvalue weighted by atomic mass is 19.1. The molecule has 0 spiro atoms. The van der Waals surface area contributed by atoms with Gasteiger partial charge in [0, 0.05) is 49.5 Å². The topological polar surface area (TPSA) is 147 Å². The molecule has 0 saturated heterocycles. The van der Waals surface area contributed by atoms with E-state index in [-0.39, 0.29) is 59.6 Å². The summed E-state index contributed by atoms with van der Waals surface area (Å²) in [5, 5.41) is 17.5. The van der Waals surface area contributed by atoms with Crippen molar-refractivity contribution in [1.29, 1.82) is 0 Å². The molecule has 68 heavy (non-hydrogen) atoms. The van der Waals surface area contributed by atoms with Gasteiger partial charge in [-0.15, -0.1) is 0 Å². The highest BCUT2D eigenvalue weighted by Crippen LogP contribution is 2.30. The van der Waals surface area contributed by atoms with Gasteiger partial charge in [0.1, 0.15) is 35.8 Å². The van der Waals surface area contributed by atoms with Gasteiger partial charge in [0.15, 0.2) is 5.78 Å². The van der Waals surface area contributed by atoms with Crippen molar-refractivity contribution in [3.63, 3.8) is 0 Å². The Kier molecular flexibility index (Phi) is 16.4. The number of allylic oxidation sites excluding steroid dienone is 1. The first-order valence-electron chi connectivity index (χ1n) is 21.8. The fourth-order valence-corrected chi connectivity index (χ4v) is 7.97. The van der Waals surface area contributed by atoms with Gasteiger partial charge in [0.2, 0.25) is 0 Å². The Labute approximate surface area is 392 Å². The molecule has 5 aliphatic rings. The van der Waals surface area contributed by atoms with Crippen molar-refractivity contribution in [1.82, 2.24) is 4.90 Å². The summed E-state index contributed by atoms with van der Waals surface area (Å²) in [7, 11) is 1.52. The number of carboxylic acid groups (broad SMARTS) is 1. The molecule has 2 unspecified atom stereocenters. The molecule has 5 aliphatic carbocycles. The number of amides is 1. The molecule has 0 aliphatic heterocycles. The molecule has 0 bridgehead atoms. The van der Waals surface area contributed by atoms with Crippen LogP contribution in [0.1, 0.15) is 76.4 Å². The van der Waals surface area contributed by atoms with Gasteiger partial charge in [-0.3, -0.25) is 9.59 Å². The second-order valence-electron chi connectivity index (χ2n) is 17.1. The van der Waals surface area contributed by atoms with E-state index in [2.05, 4.69) is 0 Å². The summed E-state index contributed by atoms with van der Waals surface area (Å²) >= 11 is 0. The number of carbonyl (C=O) groups excluding carboxylic acids is 2. The number of Topliss-reactive ketones (excluding diaryl/α,β-unsaturated/α-hetero) is 1. The second-order valence-corrected chi connectivity index (χ2v) is 17.1. The molecular weight excluding hydrogens is 878 g/mol. The molecule has 8 nitrogen and oxygen atoms in total. The van der Waals surface area contributed by atoms with Crippen molar-refractivity contribution in [3.8, 4) is 0 Å². The van der Waals surface area contributed by atoms with Crippen molar-refractivity contribution in [2.24, 2.45) is 11.5 Å². The number of aliphatic hydroxyl groups is 1. The summed E-state index contributed by atoms with van der Waals surface area (Å²) in [6.45, 7) is 5.12. The largest absolute Gasteiger partial charge is 0.478 e. The van der Waals surface area contributed by atoms with Crippen LogP contribution in [-0.2, 0) is 46.5 Å². The number of fused-ring (bicyclic) bond motifs is 5. The van der Waals surface area contributed by atoms with Gasteiger partial charge >= 0.3 is 5.97 Å². The van der Waals surface area contributed by atoms with E-state index in [1.807, 2.05) is 38.1 Å². The number of rotatable bonds is 6. The lowest BCUT2D eigenvalue weighted by atomic mass is 10.1. The minimum absolute atomic E-state index is 0.0652. The van der Waals surface area contributed by atoms with E-state index >= 15 is 0 Å². The number of nitrogens with two attached hydrogens (primary N) is 2. The zero-order chi connectivity index (χ0) is 49.4. The number of hydrogen-bond acceptors (Lipinski definition) is 6. The molecular formula is C55H52F5N3O5. The van der Waals surface area contributed by atoms with Crippen LogP contribution in [0, 0.1) is 29.1 Å². The Morgan fingerprint density at radius 2 is 0.809 bits per heavy atom. The Balaban J connectivity index is 0.000000140. The molecule has 2 atom stereocenters. The molecule has 0 aromatic heterocycles. The van der Waals surface area contributed by atoms with Crippen LogP contribution in [-0.4, -0.2) is 58.6 Å². The molecule has 0 radical (unpaired) electrons. The van der Waals surface area contributed by atoms with Gasteiger partial charge in [-0.05, 0) is 185 Å². The summed E-state index contributed by atoms with van der Waals surface area (Å²) in [6.07, 6.45) is 12.2. The second kappa shape index (κ2) is 22.2. The van der Waals surface area contributed by atoms with Crippen LogP contribution in [0.5, 0.6) is 0 Å². The third kappa shape index (κ3) is 12.9. The molecule has 10 rings (SSSR count). The normalized spacial score (nSPS) is 14.8. The predicted octanol–water partition coefficient (Wildman–Crippen LogP) is 9.60. The summed E-state index contributed by atoms with van der Waals surface area (Å²) in [6, 6.07) is 23.3. The molecule has 5 aromatic carbocycles. The van der Waals surface area contributed by atoms with Crippen molar-refractivity contribution in [2.45, 2.75) is 65.0 Å². The molecule has 1 amide bonds. The number of aliphatic hydroxyl groups excluding tert-OH is 1. The molecule has 352 valence electrons. The first-order chi connectivity index (χ1) is 32.3. The summed E-state index contributed by atoms with van der Waals surface area (Å²) in [5.74, 6) is -2.34. The van der Waals surface area contributed by atoms with E-state index < -0.39 is 5.97 Å². The van der Waals surface area contributed by atoms with Gasteiger partial charge in [0.25, 0.3) is 5.91 Å². The Hall–Kier alpha value is -7.06. The van der Waals surface area contributed by atoms with E-state index in [0.717, 1.165) is 57.4 Å². The third-order valence-electron chi connectivity index (χ3n) is 11.9. The van der Waals surface area contributed by atoms with Crippen LogP contribution in [0.3, 0.4) is 0 Å². The number of halogens is 5. The zero-order valence-corrected chi connectivity index (χ0v) is 38.1. The first-order valence-corrected chi connectivity index (χ1v) is 21.8. The molecule has 6 N–H and O–H groups in total. The van der Waals surface area contributed by atoms with Crippen LogP contribution >= 0.6 is 0 Å². The van der Waals surface area contributed by atoms with E-state index in [1.165, 1.54) is 95.8 Å². The van der Waals surface area contributed by atoms with Crippen LogP contribution in [0.15, 0.2) is 119 Å². The molecule has 0 fully saturated rings. The van der Waals surface area contributed by atoms with Crippen molar-refractivity contribution >= 4 is 48.0 Å². The quantitative estimate of drug-likeness (QED) is 0.0980. The van der Waals surface area contributed by atoms with Crippen LogP contribution in [0.2, 0.25) is 0 Å². The Morgan fingerprint density at radius 1 is 0.515 bits per heavy atom. The molecule has 0 saturated carbocycles. The number of benzene rings is 5. The van der Waals surface area contributed by atoms with E-state index in [9.17, 15) is 36.3 Å². The van der Waals surface area contributed by atoms with Crippen molar-refractivity contribution < 1.29 is 46.5 Å². The van der Waals surface area contributed by atoms with E-state index in [1.54, 1.807) is 42.5 Å². The molecule has 13 heteroatoms. The van der Waals surface area contributed by atoms with Gasteiger partial charge in [-0.1, -0.05) is 42.5 Å². The van der Waals surface area contributed by atoms with Gasteiger partial charge < -0.3 is 26.6 Å². The summed E-state index contributed by atoms with van der Waals surface area (Å²) in [5.41, 5.74) is 25.0. The van der Waals surface area contributed by atoms with E-state index in [0.29, 0.717) is 36.0 Å². The lowest BCUT2D eigenvalue weighted by Crippen LogP contribution is -2.28. The monoisotopic (exact) mass is 929 g/mol. The lowest BCUT2D eigenvalue weighted by molar-refractivity contribution is -0.132. The SMILES string of the molecule is CC(=O)C1=Cc2cc(F)ccc2C1.CC(N)C1=Cc2cc(F)ccc2C1.CC(N)C1=Cc2cc(F)ccc2C1.CN(CO)C(=O)C1=Cc2cc(F)ccc2C1.O=C(O)C1=Cc2cc(F)ccc2C1. The fourth-order valence-electron chi connectivity index (χ4n) is 7.97. The zero-order valence-electron chi connectivity index (χ0n) is 38.1. The first kappa shape index (κ1) is 50.4. The Morgan fingerprint density at radius 3 is 1.13 bits per heavy atom. The van der Waals surface area contributed by atoms with Crippen molar-refractivity contribution in [3.05, 3.63) is 204 Å². The number of carbonyl (C=O) groups is 3. The van der Waals surface area contributed by atoms with Crippen LogP contribution in [0.25, 0.3) is 30.4 Å². The van der Waals surface area contributed by atoms with Gasteiger partial charge in [-0.2, -0.15) is 0 Å². The maximum Gasteiger partial charge on any atom is 0.331 e. The summed E-state index contributed by atoms with van der Waals surface area (Å²) in [4.78, 5) is 34.6. The minimum Gasteiger partial charge on any atom is -0.478 e. The fraction of sp³-hybridized carbons (Fsp3) is 0.218.